The van der Waals surface area contributed by atoms with Crippen molar-refractivity contribution in [2.24, 2.45) is 0 Å². The number of nitro benzene ring substituents is 2. The SMILES string of the molecule is CCCCCCc1c2nc(c(/C=C/c3ccc([N+](=O)[O-])cc3)c3ccc([n-]3)c(CCCCCC)c3nc(c(/C=C/c4ccc([N+](=O)[O-])cc4)c4ccc1[n-]4)C=C3)C=C2.[Ni+2]. The Morgan fingerprint density at radius 1 is 0.492 bits per heavy atom. The number of nitrogens with zero attached hydrogens (tertiary/aromatic N) is 6. The predicted octanol–water partition coefficient (Wildman–Crippen LogP) is 12.3. The zero-order chi connectivity index (χ0) is 40.4. The Hall–Kier alpha value is -6.19. The van der Waals surface area contributed by atoms with Gasteiger partial charge >= 0.3 is 16.5 Å². The molecule has 0 saturated heterocycles. The summed E-state index contributed by atoms with van der Waals surface area (Å²) in [6.07, 6.45) is 26.5. The third-order valence-corrected chi connectivity index (χ3v) is 10.6. The van der Waals surface area contributed by atoms with Gasteiger partial charge in [0, 0.05) is 24.3 Å². The van der Waals surface area contributed by atoms with E-state index in [1.165, 1.54) is 24.3 Å². The molecule has 59 heavy (non-hydrogen) atoms. The number of fused-ring (bicyclic) bond motifs is 8. The van der Waals surface area contributed by atoms with E-state index in [-0.39, 0.29) is 27.9 Å². The van der Waals surface area contributed by atoms with Gasteiger partial charge in [0.1, 0.15) is 0 Å². The van der Waals surface area contributed by atoms with Crippen molar-refractivity contribution in [2.45, 2.75) is 78.1 Å². The van der Waals surface area contributed by atoms with Crippen molar-refractivity contribution in [2.75, 3.05) is 0 Å². The fourth-order valence-electron chi connectivity index (χ4n) is 7.33. The minimum absolute atomic E-state index is 0. The Kier molecular flexibility index (Phi) is 14.4. The molecule has 2 aromatic carbocycles. The molecule has 10 nitrogen and oxygen atoms in total. The predicted molar refractivity (Wildman–Crippen MR) is 237 cm³/mol. The number of unbranched alkanes of at least 4 members (excludes halogenated alkanes) is 6. The summed E-state index contributed by atoms with van der Waals surface area (Å²) in [7, 11) is 0. The summed E-state index contributed by atoms with van der Waals surface area (Å²) in [4.78, 5) is 42.8. The van der Waals surface area contributed by atoms with Gasteiger partial charge in [-0.15, -0.1) is 22.1 Å². The molecule has 3 aromatic heterocycles. The van der Waals surface area contributed by atoms with Gasteiger partial charge in [0.2, 0.25) is 0 Å². The summed E-state index contributed by atoms with van der Waals surface area (Å²) < 4.78 is 0. The fraction of sp³-hybridized carbons (Fsp3) is 0.250. The molecule has 0 unspecified atom stereocenters. The number of aryl methyl sites for hydroxylation is 2. The Balaban J connectivity index is 0.00000585. The standard InChI is InChI=1S/C48H46N6O4.Ni/c1-3-5-7-9-11-37-41-25-29-45(49-41)39(23-17-33-13-19-35(20-14-33)53(55)56)47-31-27-43(51-47)38(12-10-8-6-4-2)44-28-32-48(52-44)40(46-30-26-42(37)50-46)24-18-34-15-21-36(22-16-34)54(57)58;/h13-32H,3-12H2,1-2H3;/q-2;+2/b23-17+,24-18+,41-37?,42-37?,43-38?,44-38?,45-39?,46-40?,47-39?,48-40?;. The van der Waals surface area contributed by atoms with Crippen LogP contribution in [0.3, 0.4) is 0 Å². The number of hydrogen-bond acceptors (Lipinski definition) is 6. The fourth-order valence-corrected chi connectivity index (χ4v) is 7.33. The van der Waals surface area contributed by atoms with E-state index in [4.69, 9.17) is 19.9 Å². The first-order valence-corrected chi connectivity index (χ1v) is 20.2. The van der Waals surface area contributed by atoms with Gasteiger partial charge in [0.05, 0.1) is 32.6 Å². The number of hydrogen-bond donors (Lipinski definition) is 0. The summed E-state index contributed by atoms with van der Waals surface area (Å²) >= 11 is 0. The van der Waals surface area contributed by atoms with Gasteiger partial charge in [0.15, 0.2) is 0 Å². The molecule has 0 N–H and O–H groups in total. The monoisotopic (exact) mass is 828 g/mol. The van der Waals surface area contributed by atoms with Crippen LogP contribution in [0.2, 0.25) is 0 Å². The first-order valence-electron chi connectivity index (χ1n) is 20.2. The van der Waals surface area contributed by atoms with Crippen LogP contribution in [0.1, 0.15) is 121 Å². The van der Waals surface area contributed by atoms with Gasteiger partial charge in [-0.1, -0.05) is 101 Å². The van der Waals surface area contributed by atoms with E-state index in [0.29, 0.717) is 0 Å². The Morgan fingerprint density at radius 2 is 0.864 bits per heavy atom. The average Bonchev–Trinajstić information content (AvgIpc) is 4.08. The maximum absolute atomic E-state index is 11.3. The summed E-state index contributed by atoms with van der Waals surface area (Å²) in [5, 5.41) is 22.6. The summed E-state index contributed by atoms with van der Waals surface area (Å²) in [5.41, 5.74) is 12.1. The molecular formula is C48H46N6NiO4. The maximum Gasteiger partial charge on any atom is 2.00 e. The molecular weight excluding hydrogens is 783 g/mol. The summed E-state index contributed by atoms with van der Waals surface area (Å²) in [6, 6.07) is 21.2. The van der Waals surface area contributed by atoms with Crippen LogP contribution in [0.15, 0.2) is 72.8 Å². The zero-order valence-electron chi connectivity index (χ0n) is 33.3. The van der Waals surface area contributed by atoms with Crippen molar-refractivity contribution < 1.29 is 26.3 Å². The topological polar surface area (TPSA) is 140 Å². The van der Waals surface area contributed by atoms with Crippen LogP contribution in [-0.4, -0.2) is 19.8 Å². The molecule has 0 amide bonds. The Morgan fingerprint density at radius 3 is 1.24 bits per heavy atom. The minimum atomic E-state index is -0.395. The third-order valence-electron chi connectivity index (χ3n) is 10.6. The van der Waals surface area contributed by atoms with Crippen LogP contribution in [0.5, 0.6) is 0 Å². The summed E-state index contributed by atoms with van der Waals surface area (Å²) in [5.74, 6) is 0. The first kappa shape index (κ1) is 42.4. The molecule has 0 fully saturated rings. The largest absolute Gasteiger partial charge is 2.00 e. The summed E-state index contributed by atoms with van der Waals surface area (Å²) in [6.45, 7) is 4.41. The number of nitro groups is 2. The van der Waals surface area contributed by atoms with Crippen LogP contribution < -0.4 is 9.97 Å². The van der Waals surface area contributed by atoms with Crippen molar-refractivity contribution in [1.82, 2.24) is 19.9 Å². The van der Waals surface area contributed by atoms with Crippen LogP contribution in [0.4, 0.5) is 11.4 Å². The Labute approximate surface area is 354 Å². The second-order valence-corrected chi connectivity index (χ2v) is 14.6. The first-order chi connectivity index (χ1) is 28.3. The zero-order valence-corrected chi connectivity index (χ0v) is 34.2. The molecule has 2 aliphatic rings. The molecule has 5 aromatic rings. The van der Waals surface area contributed by atoms with Crippen LogP contribution in [0, 0.1) is 20.2 Å². The van der Waals surface area contributed by atoms with Crippen LogP contribution in [0.25, 0.3) is 70.7 Å². The van der Waals surface area contributed by atoms with Gasteiger partial charge in [-0.2, -0.15) is 0 Å². The van der Waals surface area contributed by atoms with E-state index in [1.54, 1.807) is 24.3 Å². The van der Waals surface area contributed by atoms with Gasteiger partial charge in [-0.3, -0.25) is 20.2 Å². The maximum atomic E-state index is 11.3. The van der Waals surface area contributed by atoms with E-state index in [9.17, 15) is 20.2 Å². The van der Waals surface area contributed by atoms with Crippen LogP contribution >= 0.6 is 0 Å². The van der Waals surface area contributed by atoms with E-state index >= 15 is 0 Å². The van der Waals surface area contributed by atoms with Gasteiger partial charge in [0.25, 0.3) is 11.4 Å². The normalized spacial score (nSPS) is 12.1. The van der Waals surface area contributed by atoms with Gasteiger partial charge in [-0.25, -0.2) is 9.97 Å². The molecule has 8 bridgehead atoms. The van der Waals surface area contributed by atoms with E-state index in [2.05, 4.69) is 38.1 Å². The molecule has 7 rings (SSSR count). The van der Waals surface area contributed by atoms with Crippen molar-refractivity contribution >= 4 is 82.0 Å². The second-order valence-electron chi connectivity index (χ2n) is 14.6. The molecule has 0 saturated carbocycles. The smallest absolute Gasteiger partial charge is 0.657 e. The molecule has 0 aliphatic carbocycles. The third kappa shape index (κ3) is 10.3. The van der Waals surface area contributed by atoms with Crippen LogP contribution in [-0.2, 0) is 29.3 Å². The van der Waals surface area contributed by atoms with E-state index < -0.39 is 9.85 Å². The van der Waals surface area contributed by atoms with E-state index in [0.717, 1.165) is 142 Å². The quantitative estimate of drug-likeness (QED) is 0.0406. The Bertz CT molecular complexity index is 2420. The molecule has 0 spiro atoms. The molecule has 0 radical (unpaired) electrons. The van der Waals surface area contributed by atoms with Crippen molar-refractivity contribution in [1.29, 1.82) is 0 Å². The molecule has 0 atom stereocenters. The average molecular weight is 830 g/mol. The van der Waals surface area contributed by atoms with Crippen molar-refractivity contribution in [3.05, 3.63) is 149 Å². The van der Waals surface area contributed by atoms with Gasteiger partial charge < -0.3 is 9.97 Å². The number of aromatic nitrogens is 4. The minimum Gasteiger partial charge on any atom is -0.657 e. The number of benzene rings is 2. The number of rotatable bonds is 16. The second kappa shape index (κ2) is 20.0. The molecule has 11 heteroatoms. The molecule has 2 aliphatic heterocycles. The van der Waals surface area contributed by atoms with Crippen molar-refractivity contribution in [3.63, 3.8) is 0 Å². The van der Waals surface area contributed by atoms with Crippen molar-refractivity contribution in [3.8, 4) is 0 Å². The number of non-ortho nitro benzene ring substituents is 2. The molecule has 302 valence electrons. The van der Waals surface area contributed by atoms with Gasteiger partial charge in [-0.05, 0) is 108 Å². The van der Waals surface area contributed by atoms with E-state index in [1.807, 2.05) is 48.6 Å². The molecule has 5 heterocycles.